The maximum atomic E-state index is 14.1. The molecule has 2 amide bonds. The van der Waals surface area contributed by atoms with Gasteiger partial charge in [0, 0.05) is 106 Å². The number of ether oxygens (including phenoxy) is 1. The Bertz CT molecular complexity index is 3450. The highest BCUT2D eigenvalue weighted by atomic mass is 35.5. The molecule has 1 spiro atoms. The average Bonchev–Trinajstić information content (AvgIpc) is 3.62. The molecule has 8 heterocycles. The normalized spacial score (nSPS) is 21.6. The van der Waals surface area contributed by atoms with E-state index in [1.54, 1.807) is 11.0 Å². The number of nitriles is 1. The van der Waals surface area contributed by atoms with Crippen molar-refractivity contribution in [1.29, 1.82) is 5.26 Å². The van der Waals surface area contributed by atoms with Crippen molar-refractivity contribution in [3.8, 4) is 46.7 Å². The second-order valence-corrected chi connectivity index (χ2v) is 24.6. The topological polar surface area (TPSA) is 207 Å². The lowest BCUT2D eigenvalue weighted by Crippen LogP contribution is -2.60. The Labute approximate surface area is 489 Å². The smallest absolute Gasteiger partial charge is 0.319 e. The number of likely N-dealkylation sites (N-methyl/N-ethyl adjacent to an activating group) is 1. The minimum absolute atomic E-state index is 0.00238. The van der Waals surface area contributed by atoms with E-state index in [2.05, 4.69) is 83.6 Å². The zero-order valence-corrected chi connectivity index (χ0v) is 48.5. The summed E-state index contributed by atoms with van der Waals surface area (Å²) in [5.74, 6) is 1.13. The van der Waals surface area contributed by atoms with Gasteiger partial charge in [-0.1, -0.05) is 73.5 Å². The number of anilines is 2. The van der Waals surface area contributed by atoms with Crippen LogP contribution in [-0.4, -0.2) is 180 Å². The largest absolute Gasteiger partial charge is 0.508 e. The van der Waals surface area contributed by atoms with E-state index in [-0.39, 0.29) is 65.0 Å². The van der Waals surface area contributed by atoms with Gasteiger partial charge in [0.2, 0.25) is 11.8 Å². The van der Waals surface area contributed by atoms with Crippen molar-refractivity contribution in [2.24, 2.45) is 11.3 Å². The molecule has 5 fully saturated rings. The van der Waals surface area contributed by atoms with Crippen LogP contribution in [0.3, 0.4) is 0 Å². The summed E-state index contributed by atoms with van der Waals surface area (Å²) in [7, 11) is 2.16. The van der Waals surface area contributed by atoms with Crippen molar-refractivity contribution >= 4 is 45.7 Å². The summed E-state index contributed by atoms with van der Waals surface area (Å²) in [6.45, 7) is 17.9. The highest BCUT2D eigenvalue weighted by Crippen LogP contribution is 2.44. The summed E-state index contributed by atoms with van der Waals surface area (Å²) in [5.41, 5.74) is 6.07. The highest BCUT2D eigenvalue weighted by Gasteiger charge is 2.46. The molecule has 0 unspecified atom stereocenters. The number of fused-ring (bicyclic) bond motifs is 2. The van der Waals surface area contributed by atoms with Crippen LogP contribution in [-0.2, 0) is 29.1 Å². The van der Waals surface area contributed by atoms with Gasteiger partial charge in [-0.15, -0.1) is 5.10 Å². The van der Waals surface area contributed by atoms with Crippen LogP contribution in [0.15, 0.2) is 85.5 Å². The molecule has 3 atom stereocenters. The SMILES string of the molecule is C=CC(=O)N1CCN(c2nc(OC[C@@H]3C[C@H](N4CCC(C(=O)N5CCC6(CC5)CN(Cc5ccc(-n7c(O)nnc7-c7cc(C(C)C)c(O)cc7O)cc5)C6)CC4)CN3C)nc3c2CCN(c2cccc4cccc(Cl)c24)C3)C[C@@H]1CC#N. The van der Waals surface area contributed by atoms with E-state index in [1.807, 2.05) is 50.2 Å². The second kappa shape index (κ2) is 23.3. The number of hydrogen-bond donors (Lipinski definition) is 3. The maximum Gasteiger partial charge on any atom is 0.319 e. The van der Waals surface area contributed by atoms with Gasteiger partial charge < -0.3 is 39.7 Å². The third-order valence-corrected chi connectivity index (χ3v) is 19.1. The molecule has 12 rings (SSSR count). The number of phenolic OH excluding ortho intramolecular Hbond substituents is 2. The quantitative estimate of drug-likeness (QED) is 0.0892. The second-order valence-electron chi connectivity index (χ2n) is 24.2. The van der Waals surface area contributed by atoms with Crippen LogP contribution in [0.1, 0.15) is 80.7 Å². The van der Waals surface area contributed by atoms with Gasteiger partial charge in [-0.2, -0.15) is 15.2 Å². The van der Waals surface area contributed by atoms with Gasteiger partial charge in [-0.05, 0) is 123 Å². The summed E-state index contributed by atoms with van der Waals surface area (Å²) in [6, 6.07) is 25.7. The lowest BCUT2D eigenvalue weighted by atomic mass is 9.71. The lowest BCUT2D eigenvalue weighted by molar-refractivity contribution is -0.142. The molecule has 83 heavy (non-hydrogen) atoms. The van der Waals surface area contributed by atoms with E-state index in [0.717, 1.165) is 130 Å². The van der Waals surface area contributed by atoms with Crippen LogP contribution in [0.2, 0.25) is 5.02 Å². The molecule has 6 aliphatic rings. The van der Waals surface area contributed by atoms with Crippen molar-refractivity contribution in [2.75, 3.05) is 95.4 Å². The van der Waals surface area contributed by atoms with E-state index in [4.69, 9.17) is 26.3 Å². The van der Waals surface area contributed by atoms with E-state index in [0.29, 0.717) is 79.0 Å². The molecular formula is C63H74ClN13O6. The number of benzene rings is 4. The molecule has 0 radical (unpaired) electrons. The molecule has 0 saturated carbocycles. The number of hydrogen-bond acceptors (Lipinski definition) is 16. The molecule has 2 aromatic heterocycles. The van der Waals surface area contributed by atoms with E-state index in [9.17, 15) is 30.2 Å². The van der Waals surface area contributed by atoms with E-state index in [1.165, 1.54) is 16.7 Å². The van der Waals surface area contributed by atoms with Gasteiger partial charge in [-0.25, -0.2) is 4.57 Å². The molecular weight excluding hydrogens is 1070 g/mol. The van der Waals surface area contributed by atoms with Crippen molar-refractivity contribution in [3.05, 3.63) is 113 Å². The van der Waals surface area contributed by atoms with Gasteiger partial charge in [0.05, 0.1) is 47.0 Å². The number of aromatic nitrogens is 5. The molecule has 3 N–H and O–H groups in total. The summed E-state index contributed by atoms with van der Waals surface area (Å²) >= 11 is 6.84. The predicted octanol–water partition coefficient (Wildman–Crippen LogP) is 7.74. The average molecular weight is 1140 g/mol. The lowest BCUT2D eigenvalue weighted by Gasteiger charge is -2.54. The first-order valence-electron chi connectivity index (χ1n) is 29.4. The first-order valence-corrected chi connectivity index (χ1v) is 29.8. The Morgan fingerprint density at radius 1 is 0.892 bits per heavy atom. The van der Waals surface area contributed by atoms with Crippen molar-refractivity contribution in [2.45, 2.75) is 95.9 Å². The van der Waals surface area contributed by atoms with Crippen molar-refractivity contribution in [1.82, 2.24) is 49.2 Å². The molecule has 0 aliphatic carbocycles. The number of halogens is 1. The summed E-state index contributed by atoms with van der Waals surface area (Å²) < 4.78 is 8.14. The molecule has 5 saturated heterocycles. The number of phenols is 2. The Morgan fingerprint density at radius 3 is 2.39 bits per heavy atom. The molecule has 19 nitrogen and oxygen atoms in total. The molecule has 0 bridgehead atoms. The molecule has 6 aliphatic heterocycles. The number of carbonyl (C=O) groups excluding carboxylic acids is 2. The first-order chi connectivity index (χ1) is 40.2. The van der Waals surface area contributed by atoms with Crippen LogP contribution < -0.4 is 14.5 Å². The number of aromatic hydroxyl groups is 3. The standard InChI is InChI=1S/C63H74ClN13O6/c1-5-56(80)76-29-28-75(35-45(76)16-22-65)58-48-19-25-74(53-11-7-9-42-8-6-10-51(64)57(42)53)36-52(48)66-61(67-58)83-37-47-30-46(34-70(47)4)72-23-17-43(18-24-72)60(81)73-26-20-63(21-27-73)38-71(39-63)33-41-12-14-44(15-13-41)77-59(68-69-62(77)82)50-31-49(40(2)3)54(78)32-55(50)79/h5-15,31-32,40,43,45-47,78-79H,1,16-21,23-30,33-39H2,2-4H3,(H,69,82)/t45-,46-,47-/m0/s1. The van der Waals surface area contributed by atoms with Crippen molar-refractivity contribution < 1.29 is 29.6 Å². The number of rotatable bonds is 14. The third-order valence-electron chi connectivity index (χ3n) is 18.7. The molecule has 4 aromatic carbocycles. The minimum Gasteiger partial charge on any atom is -0.508 e. The first kappa shape index (κ1) is 56.0. The van der Waals surface area contributed by atoms with E-state index < -0.39 is 0 Å². The predicted molar refractivity (Wildman–Crippen MR) is 318 cm³/mol. The number of nitrogens with zero attached hydrogens (tertiary/aromatic N) is 13. The van der Waals surface area contributed by atoms with Gasteiger partial charge in [0.25, 0.3) is 0 Å². The Kier molecular flexibility index (Phi) is 15.7. The highest BCUT2D eigenvalue weighted by molar-refractivity contribution is 6.36. The van der Waals surface area contributed by atoms with Gasteiger partial charge in [0.1, 0.15) is 23.9 Å². The summed E-state index contributed by atoms with van der Waals surface area (Å²) in [5, 5.41) is 52.6. The van der Waals surface area contributed by atoms with Crippen LogP contribution in [0.4, 0.5) is 11.5 Å². The fraction of sp³-hybridized carbons (Fsp3) is 0.476. The van der Waals surface area contributed by atoms with Gasteiger partial charge >= 0.3 is 12.0 Å². The van der Waals surface area contributed by atoms with Gasteiger partial charge in [-0.3, -0.25) is 24.3 Å². The monoisotopic (exact) mass is 1140 g/mol. The van der Waals surface area contributed by atoms with Crippen molar-refractivity contribution in [3.63, 3.8) is 0 Å². The Balaban J connectivity index is 0.629. The van der Waals surface area contributed by atoms with Crippen LogP contribution in [0.5, 0.6) is 23.5 Å². The number of likely N-dealkylation sites (tertiary alicyclic amines) is 4. The number of amides is 2. The maximum absolute atomic E-state index is 14.1. The van der Waals surface area contributed by atoms with Crippen LogP contribution in [0, 0.1) is 22.7 Å². The fourth-order valence-corrected chi connectivity index (χ4v) is 14.4. The number of carbonyl (C=O) groups is 2. The molecule has 20 heteroatoms. The zero-order valence-electron chi connectivity index (χ0n) is 47.7. The summed E-state index contributed by atoms with van der Waals surface area (Å²) in [4.78, 5) is 53.1. The third kappa shape index (κ3) is 11.1. The fourth-order valence-electron chi connectivity index (χ4n) is 14.1. The Hall–Kier alpha value is -7.50. The van der Waals surface area contributed by atoms with Crippen LogP contribution in [0.25, 0.3) is 27.8 Å². The molecule has 6 aromatic rings. The number of piperidine rings is 2. The molecule has 434 valence electrons. The zero-order chi connectivity index (χ0) is 57.7. The minimum atomic E-state index is -0.304. The summed E-state index contributed by atoms with van der Waals surface area (Å²) in [6.07, 6.45) is 6.93. The number of piperazine rings is 1. The van der Waals surface area contributed by atoms with Gasteiger partial charge in [0.15, 0.2) is 5.82 Å². The Morgan fingerprint density at radius 2 is 1.65 bits per heavy atom. The van der Waals surface area contributed by atoms with E-state index >= 15 is 0 Å². The van der Waals surface area contributed by atoms with Crippen LogP contribution >= 0.6 is 11.6 Å².